The second-order valence-corrected chi connectivity index (χ2v) is 6.10. The Kier molecular flexibility index (Phi) is 11.4. The van der Waals surface area contributed by atoms with Crippen LogP contribution in [0, 0.1) is 0 Å². The summed E-state index contributed by atoms with van der Waals surface area (Å²) in [4.78, 5) is 27.9. The average Bonchev–Trinajstić information content (AvgIpc) is 2.54. The molecule has 0 spiro atoms. The van der Waals surface area contributed by atoms with Crippen LogP contribution in [0.25, 0.3) is 0 Å². The molecule has 142 valence electrons. The molecule has 0 radical (unpaired) electrons. The minimum Gasteiger partial charge on any atom is -0.351 e. The Bertz CT molecular complexity index is 521. The summed E-state index contributed by atoms with van der Waals surface area (Å²) < 4.78 is 0. The van der Waals surface area contributed by atoms with Gasteiger partial charge in [-0.15, -0.1) is 24.8 Å². The number of nitrogens with zero attached hydrogens (tertiary/aromatic N) is 2. The molecule has 1 aliphatic heterocycles. The Morgan fingerprint density at radius 3 is 2.28 bits per heavy atom. The van der Waals surface area contributed by atoms with Crippen LogP contribution in [0.5, 0.6) is 0 Å². The molecule has 2 amide bonds. The lowest BCUT2D eigenvalue weighted by Crippen LogP contribution is -2.51. The maximum atomic E-state index is 12.0. The predicted molar refractivity (Wildman–Crippen MR) is 104 cm³/mol. The molecule has 1 aromatic carbocycles. The monoisotopic (exact) mass is 390 g/mol. The topological polar surface area (TPSA) is 78.7 Å². The number of benzene rings is 1. The second kappa shape index (κ2) is 12.1. The van der Waals surface area contributed by atoms with Gasteiger partial charge in [0.2, 0.25) is 11.8 Å². The zero-order chi connectivity index (χ0) is 16.7. The van der Waals surface area contributed by atoms with E-state index in [0.29, 0.717) is 32.6 Å². The first-order chi connectivity index (χ1) is 11.0. The van der Waals surface area contributed by atoms with E-state index in [1.54, 1.807) is 0 Å². The number of amides is 2. The molecule has 0 bridgehead atoms. The van der Waals surface area contributed by atoms with E-state index in [-0.39, 0.29) is 42.7 Å². The van der Waals surface area contributed by atoms with Crippen LogP contribution in [0.4, 0.5) is 0 Å². The molecule has 1 heterocycles. The van der Waals surface area contributed by atoms with Crippen LogP contribution in [0.15, 0.2) is 30.3 Å². The first kappa shape index (κ1) is 23.7. The zero-order valence-electron chi connectivity index (χ0n) is 14.5. The van der Waals surface area contributed by atoms with Gasteiger partial charge < -0.3 is 16.0 Å². The third-order valence-electron chi connectivity index (χ3n) is 3.92. The van der Waals surface area contributed by atoms with Crippen molar-refractivity contribution in [3.05, 3.63) is 35.9 Å². The molecule has 1 aliphatic rings. The SMILES string of the molecule is CC(N)CC(=O)N1CCN(CC(=O)NCc2ccccc2)CC1.Cl.Cl. The van der Waals surface area contributed by atoms with E-state index in [9.17, 15) is 9.59 Å². The summed E-state index contributed by atoms with van der Waals surface area (Å²) in [5.74, 6) is 0.123. The van der Waals surface area contributed by atoms with E-state index in [1.165, 1.54) is 0 Å². The summed E-state index contributed by atoms with van der Waals surface area (Å²) in [6.45, 7) is 5.54. The second-order valence-electron chi connectivity index (χ2n) is 6.10. The highest BCUT2D eigenvalue weighted by molar-refractivity contribution is 5.85. The van der Waals surface area contributed by atoms with E-state index in [1.807, 2.05) is 42.2 Å². The number of hydrogen-bond acceptors (Lipinski definition) is 4. The highest BCUT2D eigenvalue weighted by atomic mass is 35.5. The van der Waals surface area contributed by atoms with Crippen molar-refractivity contribution in [2.24, 2.45) is 5.73 Å². The molecule has 0 saturated carbocycles. The molecule has 0 aromatic heterocycles. The standard InChI is InChI=1S/C17H26N4O2.2ClH/c1-14(18)11-17(23)21-9-7-20(8-10-21)13-16(22)19-12-15-5-3-2-4-6-15;;/h2-6,14H,7-13,18H2,1H3,(H,19,22);2*1H. The molecule has 1 atom stereocenters. The summed E-state index contributed by atoms with van der Waals surface area (Å²) >= 11 is 0. The van der Waals surface area contributed by atoms with Gasteiger partial charge >= 0.3 is 0 Å². The van der Waals surface area contributed by atoms with E-state index in [0.717, 1.165) is 18.7 Å². The van der Waals surface area contributed by atoms with Gasteiger partial charge in [-0.05, 0) is 12.5 Å². The van der Waals surface area contributed by atoms with Crippen LogP contribution in [0.1, 0.15) is 18.9 Å². The summed E-state index contributed by atoms with van der Waals surface area (Å²) in [6.07, 6.45) is 0.386. The van der Waals surface area contributed by atoms with Crippen LogP contribution in [-0.2, 0) is 16.1 Å². The van der Waals surface area contributed by atoms with E-state index >= 15 is 0 Å². The van der Waals surface area contributed by atoms with Gasteiger partial charge in [0.25, 0.3) is 0 Å². The average molecular weight is 391 g/mol. The summed E-state index contributed by atoms with van der Waals surface area (Å²) in [5, 5.41) is 2.93. The number of halogens is 2. The van der Waals surface area contributed by atoms with Gasteiger partial charge in [0.1, 0.15) is 0 Å². The molecular weight excluding hydrogens is 363 g/mol. The molecule has 1 saturated heterocycles. The summed E-state index contributed by atoms with van der Waals surface area (Å²) in [6, 6.07) is 9.74. The zero-order valence-corrected chi connectivity index (χ0v) is 16.2. The highest BCUT2D eigenvalue weighted by Crippen LogP contribution is 2.05. The molecular formula is C17H28Cl2N4O2. The number of piperazine rings is 1. The first-order valence-electron chi connectivity index (χ1n) is 8.11. The summed E-state index contributed by atoms with van der Waals surface area (Å²) in [7, 11) is 0. The Morgan fingerprint density at radius 2 is 1.72 bits per heavy atom. The lowest BCUT2D eigenvalue weighted by atomic mass is 10.2. The lowest BCUT2D eigenvalue weighted by Gasteiger charge is -2.34. The molecule has 3 N–H and O–H groups in total. The van der Waals surface area contributed by atoms with Gasteiger partial charge in [-0.1, -0.05) is 30.3 Å². The fourth-order valence-electron chi connectivity index (χ4n) is 2.62. The van der Waals surface area contributed by atoms with Crippen molar-refractivity contribution in [2.45, 2.75) is 25.9 Å². The summed E-state index contributed by atoms with van der Waals surface area (Å²) in [5.41, 5.74) is 6.75. The van der Waals surface area contributed by atoms with Crippen LogP contribution in [-0.4, -0.2) is 60.4 Å². The van der Waals surface area contributed by atoms with E-state index in [4.69, 9.17) is 5.73 Å². The maximum absolute atomic E-state index is 12.0. The Hall–Kier alpha value is -1.34. The molecule has 1 aromatic rings. The molecule has 1 unspecified atom stereocenters. The number of nitrogens with one attached hydrogen (secondary N) is 1. The van der Waals surface area contributed by atoms with Gasteiger partial charge in [-0.3, -0.25) is 14.5 Å². The van der Waals surface area contributed by atoms with Gasteiger partial charge in [-0.2, -0.15) is 0 Å². The fourth-order valence-corrected chi connectivity index (χ4v) is 2.62. The van der Waals surface area contributed by atoms with Crippen LogP contribution >= 0.6 is 24.8 Å². The molecule has 25 heavy (non-hydrogen) atoms. The normalized spacial score (nSPS) is 15.5. The number of carbonyl (C=O) groups excluding carboxylic acids is 2. The predicted octanol–water partition coefficient (Wildman–Crippen LogP) is 1.03. The molecule has 0 aliphatic carbocycles. The van der Waals surface area contributed by atoms with Crippen LogP contribution in [0.3, 0.4) is 0 Å². The quantitative estimate of drug-likeness (QED) is 0.759. The molecule has 2 rings (SSSR count). The van der Waals surface area contributed by atoms with Crippen molar-refractivity contribution < 1.29 is 9.59 Å². The van der Waals surface area contributed by atoms with Gasteiger partial charge in [0.15, 0.2) is 0 Å². The number of rotatable bonds is 6. The maximum Gasteiger partial charge on any atom is 0.234 e. The van der Waals surface area contributed by atoms with Crippen molar-refractivity contribution in [1.82, 2.24) is 15.1 Å². The van der Waals surface area contributed by atoms with Gasteiger partial charge in [0.05, 0.1) is 6.54 Å². The van der Waals surface area contributed by atoms with Crippen molar-refractivity contribution in [3.63, 3.8) is 0 Å². The molecule has 8 heteroatoms. The fraction of sp³-hybridized carbons (Fsp3) is 0.529. The smallest absolute Gasteiger partial charge is 0.234 e. The van der Waals surface area contributed by atoms with Gasteiger partial charge in [-0.25, -0.2) is 0 Å². The van der Waals surface area contributed by atoms with E-state index < -0.39 is 0 Å². The third-order valence-corrected chi connectivity index (χ3v) is 3.92. The number of carbonyl (C=O) groups is 2. The number of hydrogen-bond donors (Lipinski definition) is 2. The Labute approximate surface area is 161 Å². The lowest BCUT2D eigenvalue weighted by molar-refractivity contribution is -0.133. The van der Waals surface area contributed by atoms with Crippen molar-refractivity contribution in [2.75, 3.05) is 32.7 Å². The van der Waals surface area contributed by atoms with Crippen LogP contribution in [0.2, 0.25) is 0 Å². The number of nitrogens with two attached hydrogens (primary N) is 1. The Balaban J connectivity index is 0.00000288. The van der Waals surface area contributed by atoms with Crippen LogP contribution < -0.4 is 11.1 Å². The minimum absolute atomic E-state index is 0. The van der Waals surface area contributed by atoms with Crippen molar-refractivity contribution in [1.29, 1.82) is 0 Å². The van der Waals surface area contributed by atoms with Crippen molar-refractivity contribution >= 4 is 36.6 Å². The molecule has 1 fully saturated rings. The third kappa shape index (κ3) is 8.54. The van der Waals surface area contributed by atoms with Gasteiger partial charge in [0, 0.05) is 45.2 Å². The Morgan fingerprint density at radius 1 is 1.12 bits per heavy atom. The highest BCUT2D eigenvalue weighted by Gasteiger charge is 2.22. The van der Waals surface area contributed by atoms with Crippen molar-refractivity contribution in [3.8, 4) is 0 Å². The first-order valence-corrected chi connectivity index (χ1v) is 8.11. The largest absolute Gasteiger partial charge is 0.351 e. The van der Waals surface area contributed by atoms with E-state index in [2.05, 4.69) is 10.2 Å². The minimum atomic E-state index is -0.107. The molecule has 6 nitrogen and oxygen atoms in total.